The van der Waals surface area contributed by atoms with Crippen LogP contribution < -0.4 is 10.2 Å². The number of aromatic hydroxyl groups is 1. The van der Waals surface area contributed by atoms with Crippen LogP contribution in [-0.2, 0) is 11.2 Å². The molecule has 1 fully saturated rings. The molecule has 5 nitrogen and oxygen atoms in total. The van der Waals surface area contributed by atoms with Crippen molar-refractivity contribution in [3.63, 3.8) is 0 Å². The Morgan fingerprint density at radius 3 is 3.00 bits per heavy atom. The van der Waals surface area contributed by atoms with Crippen molar-refractivity contribution in [3.05, 3.63) is 27.4 Å². The van der Waals surface area contributed by atoms with E-state index < -0.39 is 0 Å². The predicted octanol–water partition coefficient (Wildman–Crippen LogP) is 2.38. The second kappa shape index (κ2) is 6.81. The molecule has 0 amide bonds. The van der Waals surface area contributed by atoms with E-state index >= 15 is 0 Å². The molecule has 1 atom stereocenters. The smallest absolute Gasteiger partial charge is 0.305 e. The van der Waals surface area contributed by atoms with Gasteiger partial charge in [0.2, 0.25) is 0 Å². The van der Waals surface area contributed by atoms with E-state index in [9.17, 15) is 9.90 Å². The van der Waals surface area contributed by atoms with Crippen molar-refractivity contribution in [3.8, 4) is 5.75 Å². The fraction of sp³-hybridized carbons (Fsp3) is 0.562. The van der Waals surface area contributed by atoms with E-state index in [4.69, 9.17) is 4.74 Å². The Balaban J connectivity index is 1.63. The zero-order valence-corrected chi connectivity index (χ0v) is 13.5. The molecule has 1 saturated heterocycles. The minimum Gasteiger partial charge on any atom is -0.506 e. The van der Waals surface area contributed by atoms with Crippen molar-refractivity contribution in [1.82, 2.24) is 10.3 Å². The molecule has 6 heteroatoms. The Hall–Kier alpha value is -1.37. The number of aromatic amines is 1. The number of nitrogens with one attached hydrogen (secondary N) is 2. The molecule has 1 aliphatic heterocycles. The van der Waals surface area contributed by atoms with Gasteiger partial charge in [-0.1, -0.05) is 17.4 Å². The summed E-state index contributed by atoms with van der Waals surface area (Å²) in [6, 6.07) is 4.55. The molecule has 0 spiro atoms. The van der Waals surface area contributed by atoms with Gasteiger partial charge in [-0.3, -0.25) is 4.79 Å². The topological polar surface area (TPSA) is 74.3 Å². The van der Waals surface area contributed by atoms with E-state index in [0.717, 1.165) is 49.2 Å². The summed E-state index contributed by atoms with van der Waals surface area (Å²) in [6.45, 7) is 3.90. The minimum absolute atomic E-state index is 0.119. The van der Waals surface area contributed by atoms with Gasteiger partial charge in [0.25, 0.3) is 0 Å². The number of aromatic nitrogens is 1. The zero-order chi connectivity index (χ0) is 15.5. The van der Waals surface area contributed by atoms with E-state index in [2.05, 4.69) is 17.2 Å². The van der Waals surface area contributed by atoms with Gasteiger partial charge in [-0.2, -0.15) is 0 Å². The number of thiazole rings is 1. The number of phenols is 1. The monoisotopic (exact) mass is 322 g/mol. The standard InChI is InChI=1S/C16H22N2O3S/c1-10(17-12-6-8-21-9-7-12)2-3-11-4-5-13(19)14-15(11)22-16(20)18-14/h4-5,10,12,17,19H,2-3,6-9H2,1H3,(H,18,20). The number of benzene rings is 1. The highest BCUT2D eigenvalue weighted by Gasteiger charge is 2.16. The third kappa shape index (κ3) is 3.51. The lowest BCUT2D eigenvalue weighted by Gasteiger charge is -2.26. The van der Waals surface area contributed by atoms with Gasteiger partial charge in [0.05, 0.1) is 4.70 Å². The largest absolute Gasteiger partial charge is 0.506 e. The molecule has 0 bridgehead atoms. The summed E-state index contributed by atoms with van der Waals surface area (Å²) in [5, 5.41) is 13.5. The highest BCUT2D eigenvalue weighted by atomic mass is 32.1. The summed E-state index contributed by atoms with van der Waals surface area (Å²) >= 11 is 1.17. The number of fused-ring (bicyclic) bond motifs is 1. The quantitative estimate of drug-likeness (QED) is 0.790. The Morgan fingerprint density at radius 2 is 2.23 bits per heavy atom. The third-order valence-electron chi connectivity index (χ3n) is 4.23. The van der Waals surface area contributed by atoms with Crippen LogP contribution in [0.25, 0.3) is 10.2 Å². The van der Waals surface area contributed by atoms with E-state index in [1.54, 1.807) is 6.07 Å². The molecule has 2 heterocycles. The molecule has 22 heavy (non-hydrogen) atoms. The molecule has 1 unspecified atom stereocenters. The third-order valence-corrected chi connectivity index (χ3v) is 5.19. The molecule has 1 aliphatic rings. The van der Waals surface area contributed by atoms with Gasteiger partial charge in [-0.05, 0) is 44.2 Å². The van der Waals surface area contributed by atoms with Crippen LogP contribution in [0.15, 0.2) is 16.9 Å². The van der Waals surface area contributed by atoms with Crippen molar-refractivity contribution in [2.24, 2.45) is 0 Å². The number of hydrogen-bond donors (Lipinski definition) is 3. The van der Waals surface area contributed by atoms with Gasteiger partial charge in [0.15, 0.2) is 0 Å². The van der Waals surface area contributed by atoms with Gasteiger partial charge in [-0.25, -0.2) is 0 Å². The highest BCUT2D eigenvalue weighted by molar-refractivity contribution is 7.16. The van der Waals surface area contributed by atoms with Crippen LogP contribution in [0.5, 0.6) is 5.75 Å². The molecular formula is C16H22N2O3S. The summed E-state index contributed by atoms with van der Waals surface area (Å²) in [4.78, 5) is 14.1. The Morgan fingerprint density at radius 1 is 1.45 bits per heavy atom. The number of H-pyrrole nitrogens is 1. The van der Waals surface area contributed by atoms with Crippen LogP contribution in [-0.4, -0.2) is 35.4 Å². The average Bonchev–Trinajstić information content (AvgIpc) is 2.90. The second-order valence-electron chi connectivity index (χ2n) is 5.96. The van der Waals surface area contributed by atoms with Crippen LogP contribution in [0, 0.1) is 0 Å². The normalized spacial score (nSPS) is 17.9. The summed E-state index contributed by atoms with van der Waals surface area (Å²) in [6.07, 6.45) is 4.05. The number of ether oxygens (including phenoxy) is 1. The van der Waals surface area contributed by atoms with E-state index in [1.807, 2.05) is 6.07 Å². The van der Waals surface area contributed by atoms with Crippen molar-refractivity contribution >= 4 is 21.6 Å². The van der Waals surface area contributed by atoms with Crippen molar-refractivity contribution in [1.29, 1.82) is 0 Å². The first kappa shape index (κ1) is 15.5. The SMILES string of the molecule is CC(CCc1ccc(O)c2[nH]c(=O)sc12)NC1CCOCC1. The Kier molecular flexibility index (Phi) is 4.81. The lowest BCUT2D eigenvalue weighted by atomic mass is 10.0. The fourth-order valence-electron chi connectivity index (χ4n) is 2.99. The summed E-state index contributed by atoms with van der Waals surface area (Å²) < 4.78 is 6.25. The molecule has 0 saturated carbocycles. The molecule has 3 N–H and O–H groups in total. The molecule has 2 aromatic rings. The lowest BCUT2D eigenvalue weighted by molar-refractivity contribution is 0.0752. The predicted molar refractivity (Wildman–Crippen MR) is 88.9 cm³/mol. The fourth-order valence-corrected chi connectivity index (χ4v) is 3.89. The van der Waals surface area contributed by atoms with Crippen LogP contribution >= 0.6 is 11.3 Å². The van der Waals surface area contributed by atoms with Crippen molar-refractivity contribution in [2.75, 3.05) is 13.2 Å². The lowest BCUT2D eigenvalue weighted by Crippen LogP contribution is -2.40. The molecule has 0 radical (unpaired) electrons. The number of hydrogen-bond acceptors (Lipinski definition) is 5. The van der Waals surface area contributed by atoms with Gasteiger partial charge in [-0.15, -0.1) is 0 Å². The minimum atomic E-state index is -0.119. The van der Waals surface area contributed by atoms with Gasteiger partial charge in [0.1, 0.15) is 11.3 Å². The van der Waals surface area contributed by atoms with E-state index in [0.29, 0.717) is 17.6 Å². The molecule has 0 aliphatic carbocycles. The Labute approximate surface area is 133 Å². The van der Waals surface area contributed by atoms with Crippen LogP contribution in [0.3, 0.4) is 0 Å². The molecule has 3 rings (SSSR count). The van der Waals surface area contributed by atoms with Crippen LogP contribution in [0.2, 0.25) is 0 Å². The number of rotatable bonds is 5. The van der Waals surface area contributed by atoms with E-state index in [-0.39, 0.29) is 10.6 Å². The van der Waals surface area contributed by atoms with E-state index in [1.165, 1.54) is 11.3 Å². The van der Waals surface area contributed by atoms with Crippen LogP contribution in [0.1, 0.15) is 31.7 Å². The summed E-state index contributed by atoms with van der Waals surface area (Å²) in [5.41, 5.74) is 1.69. The zero-order valence-electron chi connectivity index (χ0n) is 12.7. The number of aryl methyl sites for hydroxylation is 1. The van der Waals surface area contributed by atoms with Crippen molar-refractivity contribution in [2.45, 2.75) is 44.7 Å². The maximum absolute atomic E-state index is 11.5. The first-order chi connectivity index (χ1) is 10.6. The van der Waals surface area contributed by atoms with Gasteiger partial charge < -0.3 is 20.1 Å². The average molecular weight is 322 g/mol. The maximum atomic E-state index is 11.5. The van der Waals surface area contributed by atoms with Crippen molar-refractivity contribution < 1.29 is 9.84 Å². The first-order valence-corrected chi connectivity index (χ1v) is 8.62. The molecule has 1 aromatic heterocycles. The molecular weight excluding hydrogens is 300 g/mol. The number of phenolic OH excluding ortho intramolecular Hbond substituents is 1. The Bertz CT molecular complexity index is 688. The second-order valence-corrected chi connectivity index (χ2v) is 6.94. The maximum Gasteiger partial charge on any atom is 0.305 e. The highest BCUT2D eigenvalue weighted by Crippen LogP contribution is 2.28. The summed E-state index contributed by atoms with van der Waals surface area (Å²) in [5.74, 6) is 0.144. The molecule has 1 aromatic carbocycles. The molecule has 120 valence electrons. The van der Waals surface area contributed by atoms with Crippen LogP contribution in [0.4, 0.5) is 0 Å². The van der Waals surface area contributed by atoms with Gasteiger partial charge in [0, 0.05) is 25.3 Å². The first-order valence-electron chi connectivity index (χ1n) is 7.81. The van der Waals surface area contributed by atoms with Gasteiger partial charge >= 0.3 is 4.87 Å². The summed E-state index contributed by atoms with van der Waals surface area (Å²) in [7, 11) is 0.